The normalized spacial score (nSPS) is 17.7. The molecule has 0 bridgehead atoms. The van der Waals surface area contributed by atoms with Crippen LogP contribution in [0.5, 0.6) is 0 Å². The molecule has 9 heteroatoms. The molecule has 1 aliphatic carbocycles. The van der Waals surface area contributed by atoms with Crippen molar-refractivity contribution in [2.24, 2.45) is 10.9 Å². The number of likely N-dealkylation sites (tertiary alicyclic amines) is 1. The van der Waals surface area contributed by atoms with Gasteiger partial charge in [-0.2, -0.15) is 0 Å². The molecule has 0 radical (unpaired) electrons. The topological polar surface area (TPSA) is 70.1 Å². The summed E-state index contributed by atoms with van der Waals surface area (Å²) >= 11 is 1.72. The van der Waals surface area contributed by atoms with Crippen LogP contribution in [0.15, 0.2) is 4.99 Å². The maximum Gasteiger partial charge on any atom is 0.410 e. The Bertz CT molecular complexity index is 760. The van der Waals surface area contributed by atoms with Gasteiger partial charge in [0.2, 0.25) is 0 Å². The molecule has 3 rings (SSSR count). The van der Waals surface area contributed by atoms with Crippen LogP contribution in [-0.2, 0) is 11.3 Å². The predicted molar refractivity (Wildman–Crippen MR) is 142 cm³/mol. The molecular weight excluding hydrogens is 537 g/mol. The maximum absolute atomic E-state index is 12.9. The zero-order valence-electron chi connectivity index (χ0n) is 20.4. The quantitative estimate of drug-likeness (QED) is 0.294. The lowest BCUT2D eigenvalue weighted by atomic mass is 10.0. The first-order chi connectivity index (χ1) is 14.7. The van der Waals surface area contributed by atoms with E-state index >= 15 is 0 Å². The fourth-order valence-electron chi connectivity index (χ4n) is 3.84. The van der Waals surface area contributed by atoms with Crippen LogP contribution in [0.1, 0.15) is 69.0 Å². The molecule has 1 aromatic rings. The minimum atomic E-state index is -0.461. The van der Waals surface area contributed by atoms with Crippen molar-refractivity contribution in [3.05, 3.63) is 15.6 Å². The van der Waals surface area contributed by atoms with Crippen molar-refractivity contribution in [3.8, 4) is 0 Å². The highest BCUT2D eigenvalue weighted by atomic mass is 127. The number of ether oxygens (including phenoxy) is 1. The van der Waals surface area contributed by atoms with E-state index in [2.05, 4.69) is 29.0 Å². The molecule has 0 spiro atoms. The minimum Gasteiger partial charge on any atom is -0.444 e. The van der Waals surface area contributed by atoms with E-state index in [-0.39, 0.29) is 36.1 Å². The van der Waals surface area contributed by atoms with Crippen LogP contribution in [-0.4, -0.2) is 64.7 Å². The molecule has 1 amide bonds. The van der Waals surface area contributed by atoms with E-state index in [0.29, 0.717) is 12.5 Å². The van der Waals surface area contributed by atoms with Gasteiger partial charge in [-0.05, 0) is 73.1 Å². The molecule has 1 aromatic heterocycles. The van der Waals surface area contributed by atoms with Gasteiger partial charge in [0, 0.05) is 37.1 Å². The van der Waals surface area contributed by atoms with E-state index < -0.39 is 5.60 Å². The molecule has 182 valence electrons. The number of hydrogen-bond donors (Lipinski definition) is 1. The number of halogens is 1. The molecule has 7 nitrogen and oxygen atoms in total. The zero-order chi connectivity index (χ0) is 22.6. The number of hydrogen-bond acceptors (Lipinski definition) is 5. The molecule has 2 fully saturated rings. The second kappa shape index (κ2) is 11.9. The molecule has 0 unspecified atom stereocenters. The molecule has 32 heavy (non-hydrogen) atoms. The van der Waals surface area contributed by atoms with Gasteiger partial charge in [0.1, 0.15) is 10.6 Å². The van der Waals surface area contributed by atoms with E-state index in [1.807, 2.05) is 32.6 Å². The Morgan fingerprint density at radius 1 is 1.25 bits per heavy atom. The van der Waals surface area contributed by atoms with Gasteiger partial charge >= 0.3 is 6.09 Å². The highest BCUT2D eigenvalue weighted by Crippen LogP contribution is 2.32. The number of piperidine rings is 1. The second-order valence-electron chi connectivity index (χ2n) is 9.71. The van der Waals surface area contributed by atoms with E-state index in [0.717, 1.165) is 55.7 Å². The minimum absolute atomic E-state index is 0. The highest BCUT2D eigenvalue weighted by Gasteiger charge is 2.35. The van der Waals surface area contributed by atoms with Gasteiger partial charge < -0.3 is 19.9 Å². The summed E-state index contributed by atoms with van der Waals surface area (Å²) in [5.74, 6) is 1.59. The number of nitrogens with zero attached hydrogens (tertiary/aromatic N) is 4. The summed E-state index contributed by atoms with van der Waals surface area (Å²) in [6.07, 6.45) is 4.17. The number of amides is 1. The third-order valence-electron chi connectivity index (χ3n) is 5.76. The lowest BCUT2D eigenvalue weighted by Gasteiger charge is -2.40. The second-order valence-corrected chi connectivity index (χ2v) is 11.0. The summed E-state index contributed by atoms with van der Waals surface area (Å²) in [5, 5.41) is 4.49. The van der Waals surface area contributed by atoms with Gasteiger partial charge in [-0.1, -0.05) is 0 Å². The van der Waals surface area contributed by atoms with Crippen molar-refractivity contribution in [1.82, 2.24) is 20.1 Å². The average molecular weight is 578 g/mol. The summed E-state index contributed by atoms with van der Waals surface area (Å²) in [7, 11) is 0. The third-order valence-corrected chi connectivity index (χ3v) is 6.81. The molecular formula is C23H40IN5O2S. The number of guanidine groups is 1. The van der Waals surface area contributed by atoms with E-state index in [4.69, 9.17) is 9.73 Å². The number of thiazole rings is 1. The van der Waals surface area contributed by atoms with Crippen LogP contribution in [0.3, 0.4) is 0 Å². The van der Waals surface area contributed by atoms with E-state index in [1.54, 1.807) is 11.3 Å². The number of carbonyl (C=O) groups excluding carboxylic acids is 1. The first-order valence-corrected chi connectivity index (χ1v) is 12.4. The Kier molecular flexibility index (Phi) is 10.1. The fourth-order valence-corrected chi connectivity index (χ4v) is 4.69. The molecule has 1 N–H and O–H groups in total. The molecule has 2 aliphatic rings. The lowest BCUT2D eigenvalue weighted by Crippen LogP contribution is -2.52. The van der Waals surface area contributed by atoms with Crippen LogP contribution >= 0.6 is 35.3 Å². The smallest absolute Gasteiger partial charge is 0.410 e. The first-order valence-electron chi connectivity index (χ1n) is 11.6. The summed E-state index contributed by atoms with van der Waals surface area (Å²) in [4.78, 5) is 27.9. The SMILES string of the molecule is CCNC(=NCc1nc(C)c(C)s1)N1CCC(N(CC2CC2)C(=O)OC(C)(C)C)CC1.I. The summed E-state index contributed by atoms with van der Waals surface area (Å²) in [5.41, 5.74) is 0.635. The number of aliphatic imine (C=N–C) groups is 1. The van der Waals surface area contributed by atoms with E-state index in [1.165, 1.54) is 17.7 Å². The van der Waals surface area contributed by atoms with Crippen LogP contribution in [0.2, 0.25) is 0 Å². The fraction of sp³-hybridized carbons (Fsp3) is 0.783. The van der Waals surface area contributed by atoms with Crippen molar-refractivity contribution >= 4 is 47.4 Å². The van der Waals surface area contributed by atoms with Crippen molar-refractivity contribution in [3.63, 3.8) is 0 Å². The Morgan fingerprint density at radius 2 is 1.91 bits per heavy atom. The predicted octanol–water partition coefficient (Wildman–Crippen LogP) is 4.95. The maximum atomic E-state index is 12.9. The van der Waals surface area contributed by atoms with Gasteiger partial charge in [0.25, 0.3) is 0 Å². The molecule has 2 heterocycles. The first kappa shape index (κ1) is 27.1. The summed E-state index contributed by atoms with van der Waals surface area (Å²) in [6, 6.07) is 0.235. The van der Waals surface area contributed by atoms with Crippen LogP contribution in [0, 0.1) is 19.8 Å². The standard InChI is InChI=1S/C23H39N5O2S.HI/c1-7-24-21(25-14-20-26-16(2)17(3)31-20)27-12-10-19(11-13-27)28(15-18-8-9-18)22(29)30-23(4,5)6;/h18-19H,7-15H2,1-6H3,(H,24,25);1H. The Morgan fingerprint density at radius 3 is 2.41 bits per heavy atom. The number of nitrogens with one attached hydrogen (secondary N) is 1. The Balaban J connectivity index is 0.00000363. The number of rotatable bonds is 6. The zero-order valence-corrected chi connectivity index (χ0v) is 23.6. The van der Waals surface area contributed by atoms with Crippen LogP contribution in [0.4, 0.5) is 4.79 Å². The summed E-state index contributed by atoms with van der Waals surface area (Å²) in [6.45, 7) is 16.1. The van der Waals surface area contributed by atoms with E-state index in [9.17, 15) is 4.79 Å². The number of aryl methyl sites for hydroxylation is 2. The lowest BCUT2D eigenvalue weighted by molar-refractivity contribution is 0.00928. The molecule has 0 aromatic carbocycles. The van der Waals surface area contributed by atoms with Crippen LogP contribution in [0.25, 0.3) is 0 Å². The highest BCUT2D eigenvalue weighted by molar-refractivity contribution is 14.0. The largest absolute Gasteiger partial charge is 0.444 e. The summed E-state index contributed by atoms with van der Waals surface area (Å²) < 4.78 is 5.73. The molecule has 1 aliphatic heterocycles. The monoisotopic (exact) mass is 577 g/mol. The Hall–Kier alpha value is -1.10. The third kappa shape index (κ3) is 8.04. The molecule has 1 saturated heterocycles. The van der Waals surface area contributed by atoms with Crippen LogP contribution < -0.4 is 5.32 Å². The van der Waals surface area contributed by atoms with Gasteiger partial charge in [-0.15, -0.1) is 35.3 Å². The van der Waals surface area contributed by atoms with Crippen molar-refractivity contribution in [1.29, 1.82) is 0 Å². The average Bonchev–Trinajstić information content (AvgIpc) is 3.46. The Labute approximate surface area is 214 Å². The van der Waals surface area contributed by atoms with Crippen molar-refractivity contribution in [2.45, 2.75) is 85.4 Å². The number of carbonyl (C=O) groups is 1. The van der Waals surface area contributed by atoms with Gasteiger partial charge in [0.05, 0.1) is 12.2 Å². The van der Waals surface area contributed by atoms with Gasteiger partial charge in [-0.3, -0.25) is 0 Å². The number of aromatic nitrogens is 1. The molecule has 0 atom stereocenters. The van der Waals surface area contributed by atoms with Crippen molar-refractivity contribution < 1.29 is 9.53 Å². The van der Waals surface area contributed by atoms with Crippen molar-refractivity contribution in [2.75, 3.05) is 26.2 Å². The van der Waals surface area contributed by atoms with Gasteiger partial charge in [0.15, 0.2) is 5.96 Å². The van der Waals surface area contributed by atoms with Gasteiger partial charge in [-0.25, -0.2) is 14.8 Å². The molecule has 1 saturated carbocycles.